The van der Waals surface area contributed by atoms with Gasteiger partial charge in [0.2, 0.25) is 5.82 Å². The first-order valence-electron chi connectivity index (χ1n) is 12.2. The molecule has 0 N–H and O–H groups in total. The van der Waals surface area contributed by atoms with E-state index in [9.17, 15) is 8.78 Å². The Kier molecular flexibility index (Phi) is 8.38. The van der Waals surface area contributed by atoms with Gasteiger partial charge in [-0.3, -0.25) is 0 Å². The molecule has 0 spiro atoms. The summed E-state index contributed by atoms with van der Waals surface area (Å²) in [5.41, 5.74) is 0.553. The molecule has 3 rings (SSSR count). The number of hydrogen-bond acceptors (Lipinski definition) is 1. The van der Waals surface area contributed by atoms with E-state index in [-0.39, 0.29) is 11.7 Å². The van der Waals surface area contributed by atoms with Gasteiger partial charge in [0.1, 0.15) is 0 Å². The number of benzene rings is 1. The average molecular weight is 407 g/mol. The Labute approximate surface area is 176 Å². The molecule has 1 aromatic carbocycles. The zero-order valence-corrected chi connectivity index (χ0v) is 18.7. The van der Waals surface area contributed by atoms with Gasteiger partial charge < -0.3 is 4.74 Å². The zero-order valence-electron chi connectivity index (χ0n) is 18.7. The largest absolute Gasteiger partial charge is 0.490 e. The molecule has 0 heterocycles. The highest BCUT2D eigenvalue weighted by atomic mass is 19.2. The van der Waals surface area contributed by atoms with Gasteiger partial charge in [-0.2, -0.15) is 4.39 Å². The molecule has 2 aliphatic rings. The SMILES string of the molecule is CCCOc1ccc(C2CCC(C(C)C3CCC(CCC)CC3)CC2)c(F)c1F. The first-order valence-corrected chi connectivity index (χ1v) is 12.2. The molecule has 3 heteroatoms. The topological polar surface area (TPSA) is 9.23 Å². The number of hydrogen-bond donors (Lipinski definition) is 0. The third kappa shape index (κ3) is 5.52. The lowest BCUT2D eigenvalue weighted by Crippen LogP contribution is -2.28. The van der Waals surface area contributed by atoms with Crippen LogP contribution in [0.2, 0.25) is 0 Å². The molecule has 0 radical (unpaired) electrons. The number of rotatable bonds is 8. The maximum Gasteiger partial charge on any atom is 0.200 e. The van der Waals surface area contributed by atoms with Gasteiger partial charge in [0.25, 0.3) is 0 Å². The standard InChI is InChI=1S/C26H40F2O/c1-4-6-19-7-9-20(10-8-19)18(3)21-11-13-22(14-12-21)23-15-16-24(29-17-5-2)26(28)25(23)27/h15-16,18-22H,4-14,17H2,1-3H3. The van der Waals surface area contributed by atoms with Crippen molar-refractivity contribution in [3.63, 3.8) is 0 Å². The molecule has 2 aliphatic carbocycles. The van der Waals surface area contributed by atoms with Crippen molar-refractivity contribution < 1.29 is 13.5 Å². The van der Waals surface area contributed by atoms with Crippen molar-refractivity contribution in [3.05, 3.63) is 29.3 Å². The molecule has 0 amide bonds. The van der Waals surface area contributed by atoms with Gasteiger partial charge >= 0.3 is 0 Å². The highest BCUT2D eigenvalue weighted by Gasteiger charge is 2.33. The van der Waals surface area contributed by atoms with Crippen LogP contribution in [0.25, 0.3) is 0 Å². The quantitative estimate of drug-likeness (QED) is 0.422. The van der Waals surface area contributed by atoms with Crippen LogP contribution in [0.15, 0.2) is 12.1 Å². The van der Waals surface area contributed by atoms with E-state index in [1.807, 2.05) is 6.92 Å². The minimum absolute atomic E-state index is 0.0501. The normalized spacial score (nSPS) is 28.9. The molecule has 0 aliphatic heterocycles. The summed E-state index contributed by atoms with van der Waals surface area (Å²) < 4.78 is 34.4. The van der Waals surface area contributed by atoms with E-state index in [0.29, 0.717) is 12.2 Å². The third-order valence-electron chi connectivity index (χ3n) is 7.83. The first kappa shape index (κ1) is 22.6. The molecule has 1 unspecified atom stereocenters. The summed E-state index contributed by atoms with van der Waals surface area (Å²) in [5, 5.41) is 0. The summed E-state index contributed by atoms with van der Waals surface area (Å²) in [4.78, 5) is 0. The van der Waals surface area contributed by atoms with E-state index in [4.69, 9.17) is 4.74 Å². The van der Waals surface area contributed by atoms with E-state index in [1.54, 1.807) is 12.1 Å². The van der Waals surface area contributed by atoms with Crippen LogP contribution in [-0.4, -0.2) is 6.61 Å². The molecule has 164 valence electrons. The van der Waals surface area contributed by atoms with Crippen LogP contribution >= 0.6 is 0 Å². The van der Waals surface area contributed by atoms with Crippen LogP contribution in [0.3, 0.4) is 0 Å². The molecule has 0 bridgehead atoms. The van der Waals surface area contributed by atoms with Crippen molar-refractivity contribution >= 4 is 0 Å². The van der Waals surface area contributed by atoms with Crippen LogP contribution in [0.5, 0.6) is 5.75 Å². The summed E-state index contributed by atoms with van der Waals surface area (Å²) >= 11 is 0. The Morgan fingerprint density at radius 2 is 1.48 bits per heavy atom. The van der Waals surface area contributed by atoms with Crippen molar-refractivity contribution in [3.8, 4) is 5.75 Å². The molecule has 1 aromatic rings. The molecule has 0 saturated heterocycles. The van der Waals surface area contributed by atoms with Crippen LogP contribution in [0.1, 0.15) is 103 Å². The van der Waals surface area contributed by atoms with E-state index < -0.39 is 11.6 Å². The molecule has 0 aromatic heterocycles. The molecular formula is C26H40F2O. The van der Waals surface area contributed by atoms with Gasteiger partial charge in [-0.25, -0.2) is 4.39 Å². The minimum atomic E-state index is -0.810. The Hall–Kier alpha value is -1.12. The second-order valence-electron chi connectivity index (χ2n) is 9.67. The lowest BCUT2D eigenvalue weighted by molar-refractivity contribution is 0.131. The maximum absolute atomic E-state index is 14.7. The van der Waals surface area contributed by atoms with Crippen molar-refractivity contribution in [2.75, 3.05) is 6.61 Å². The van der Waals surface area contributed by atoms with Crippen LogP contribution < -0.4 is 4.74 Å². The fraction of sp³-hybridized carbons (Fsp3) is 0.769. The highest BCUT2D eigenvalue weighted by Crippen LogP contribution is 2.45. The van der Waals surface area contributed by atoms with Crippen LogP contribution in [-0.2, 0) is 0 Å². The Balaban J connectivity index is 1.53. The summed E-state index contributed by atoms with van der Waals surface area (Å²) in [6, 6.07) is 3.37. The molecule has 2 fully saturated rings. The van der Waals surface area contributed by atoms with Crippen molar-refractivity contribution in [1.82, 2.24) is 0 Å². The summed E-state index contributed by atoms with van der Waals surface area (Å²) in [6.07, 6.45) is 13.4. The lowest BCUT2D eigenvalue weighted by Gasteiger charge is -2.39. The smallest absolute Gasteiger partial charge is 0.200 e. The predicted octanol–water partition coefficient (Wildman–Crippen LogP) is 8.27. The molecule has 2 saturated carbocycles. The van der Waals surface area contributed by atoms with Gasteiger partial charge in [0.15, 0.2) is 11.6 Å². The van der Waals surface area contributed by atoms with Crippen LogP contribution in [0, 0.1) is 35.3 Å². The lowest BCUT2D eigenvalue weighted by atomic mass is 9.66. The van der Waals surface area contributed by atoms with Gasteiger partial charge in [0.05, 0.1) is 6.61 Å². The minimum Gasteiger partial charge on any atom is -0.490 e. The molecule has 1 nitrogen and oxygen atoms in total. The Bertz CT molecular complexity index is 628. The second kappa shape index (κ2) is 10.8. The number of halogens is 2. The van der Waals surface area contributed by atoms with Gasteiger partial charge in [0, 0.05) is 0 Å². The summed E-state index contributed by atoms with van der Waals surface area (Å²) in [7, 11) is 0. The van der Waals surface area contributed by atoms with E-state index >= 15 is 0 Å². The van der Waals surface area contributed by atoms with Gasteiger partial charge in [-0.05, 0) is 86.2 Å². The van der Waals surface area contributed by atoms with E-state index in [2.05, 4.69) is 13.8 Å². The van der Waals surface area contributed by atoms with E-state index in [0.717, 1.165) is 55.8 Å². The zero-order chi connectivity index (χ0) is 20.8. The average Bonchev–Trinajstić information content (AvgIpc) is 2.75. The highest BCUT2D eigenvalue weighted by molar-refractivity contribution is 5.33. The van der Waals surface area contributed by atoms with Gasteiger partial charge in [-0.1, -0.05) is 52.5 Å². The van der Waals surface area contributed by atoms with E-state index in [1.165, 1.54) is 38.5 Å². The van der Waals surface area contributed by atoms with Crippen molar-refractivity contribution in [2.45, 2.75) is 97.3 Å². The number of ether oxygens (including phenoxy) is 1. The van der Waals surface area contributed by atoms with Crippen LogP contribution in [0.4, 0.5) is 8.78 Å². The Morgan fingerprint density at radius 3 is 2.07 bits per heavy atom. The second-order valence-corrected chi connectivity index (χ2v) is 9.67. The molecule has 1 atom stereocenters. The monoisotopic (exact) mass is 406 g/mol. The van der Waals surface area contributed by atoms with Crippen molar-refractivity contribution in [1.29, 1.82) is 0 Å². The molecule has 29 heavy (non-hydrogen) atoms. The maximum atomic E-state index is 14.7. The third-order valence-corrected chi connectivity index (χ3v) is 7.83. The summed E-state index contributed by atoms with van der Waals surface area (Å²) in [5.74, 6) is 2.04. The fourth-order valence-corrected chi connectivity index (χ4v) is 5.94. The fourth-order valence-electron chi connectivity index (χ4n) is 5.94. The van der Waals surface area contributed by atoms with Gasteiger partial charge in [-0.15, -0.1) is 0 Å². The first-order chi connectivity index (χ1) is 14.0. The predicted molar refractivity (Wildman–Crippen MR) is 116 cm³/mol. The summed E-state index contributed by atoms with van der Waals surface area (Å²) in [6.45, 7) is 7.13. The Morgan fingerprint density at radius 1 is 0.862 bits per heavy atom. The molecular weight excluding hydrogens is 366 g/mol. The van der Waals surface area contributed by atoms with Crippen molar-refractivity contribution in [2.24, 2.45) is 23.7 Å².